The monoisotopic (exact) mass is 420 g/mol. The third kappa shape index (κ3) is 4.47. The van der Waals surface area contributed by atoms with E-state index in [0.717, 1.165) is 11.1 Å². The van der Waals surface area contributed by atoms with Crippen LogP contribution < -0.4 is 10.1 Å². The van der Waals surface area contributed by atoms with E-state index in [2.05, 4.69) is 5.32 Å². The number of carbonyl (C=O) groups is 2. The molecule has 3 aromatic carbocycles. The number of carbonyl (C=O) groups excluding carboxylic acids is 2. The van der Waals surface area contributed by atoms with Crippen molar-refractivity contribution in [2.24, 2.45) is 0 Å². The van der Waals surface area contributed by atoms with E-state index in [1.807, 2.05) is 48.5 Å². The molecule has 0 spiro atoms. The minimum Gasteiger partial charge on any atom is -0.481 e. The van der Waals surface area contributed by atoms with E-state index in [1.165, 1.54) is 0 Å². The van der Waals surface area contributed by atoms with Crippen molar-refractivity contribution in [3.63, 3.8) is 0 Å². The number of hydrogen-bond donors (Lipinski definition) is 1. The highest BCUT2D eigenvalue weighted by molar-refractivity contribution is 6.30. The van der Waals surface area contributed by atoms with Crippen LogP contribution in [0.5, 0.6) is 5.75 Å². The van der Waals surface area contributed by atoms with Crippen molar-refractivity contribution in [2.45, 2.75) is 26.1 Å². The van der Waals surface area contributed by atoms with Gasteiger partial charge in [-0.15, -0.1) is 0 Å². The quantitative estimate of drug-likeness (QED) is 0.653. The lowest BCUT2D eigenvalue weighted by Gasteiger charge is -2.22. The smallest absolute Gasteiger partial charge is 0.263 e. The Morgan fingerprint density at radius 3 is 2.57 bits per heavy atom. The van der Waals surface area contributed by atoms with E-state index in [1.54, 1.807) is 36.1 Å². The van der Waals surface area contributed by atoms with Gasteiger partial charge in [-0.2, -0.15) is 0 Å². The fraction of sp³-hybridized carbons (Fsp3) is 0.167. The Bertz CT molecular complexity index is 1070. The molecule has 152 valence electrons. The third-order valence-electron chi connectivity index (χ3n) is 4.97. The molecule has 0 aromatic heterocycles. The molecule has 1 N–H and O–H groups in total. The number of ether oxygens (including phenoxy) is 1. The van der Waals surface area contributed by atoms with Crippen LogP contribution in [-0.2, 0) is 17.9 Å². The second-order valence-electron chi connectivity index (χ2n) is 7.22. The van der Waals surface area contributed by atoms with Crippen molar-refractivity contribution in [3.8, 4) is 5.75 Å². The molecule has 1 heterocycles. The maximum atomic E-state index is 12.8. The predicted molar refractivity (Wildman–Crippen MR) is 117 cm³/mol. The molecular weight excluding hydrogens is 400 g/mol. The van der Waals surface area contributed by atoms with Crippen LogP contribution >= 0.6 is 11.6 Å². The summed E-state index contributed by atoms with van der Waals surface area (Å²) in [6.45, 7) is 2.58. The number of benzene rings is 3. The van der Waals surface area contributed by atoms with E-state index in [4.69, 9.17) is 16.3 Å². The van der Waals surface area contributed by atoms with Gasteiger partial charge < -0.3 is 15.0 Å². The average molecular weight is 421 g/mol. The first-order chi connectivity index (χ1) is 14.5. The van der Waals surface area contributed by atoms with Gasteiger partial charge in [0.05, 0.1) is 0 Å². The summed E-state index contributed by atoms with van der Waals surface area (Å²) in [5.74, 6) is 0.371. The van der Waals surface area contributed by atoms with Crippen LogP contribution in [0.25, 0.3) is 0 Å². The van der Waals surface area contributed by atoms with Crippen LogP contribution in [0.4, 0.5) is 5.69 Å². The van der Waals surface area contributed by atoms with Crippen molar-refractivity contribution in [1.82, 2.24) is 4.90 Å². The predicted octanol–water partition coefficient (Wildman–Crippen LogP) is 4.90. The molecule has 6 heteroatoms. The van der Waals surface area contributed by atoms with E-state index in [-0.39, 0.29) is 11.8 Å². The average Bonchev–Trinajstić information content (AvgIpc) is 2.87. The lowest BCUT2D eigenvalue weighted by molar-refractivity contribution is -0.138. The van der Waals surface area contributed by atoms with Gasteiger partial charge in [0.15, 0.2) is 6.10 Å². The van der Waals surface area contributed by atoms with E-state index in [0.29, 0.717) is 35.1 Å². The van der Waals surface area contributed by atoms with Gasteiger partial charge in [0.1, 0.15) is 5.75 Å². The highest BCUT2D eigenvalue weighted by Gasteiger charge is 2.28. The fourth-order valence-corrected chi connectivity index (χ4v) is 3.54. The van der Waals surface area contributed by atoms with Crippen LogP contribution in [-0.4, -0.2) is 22.8 Å². The van der Waals surface area contributed by atoms with Crippen molar-refractivity contribution in [2.75, 3.05) is 5.32 Å². The van der Waals surface area contributed by atoms with Gasteiger partial charge in [-0.25, -0.2) is 0 Å². The maximum Gasteiger partial charge on any atom is 0.263 e. The Hall–Kier alpha value is -3.31. The van der Waals surface area contributed by atoms with Crippen LogP contribution in [0.15, 0.2) is 72.8 Å². The third-order valence-corrected chi connectivity index (χ3v) is 5.22. The molecule has 0 saturated carbocycles. The molecule has 0 radical (unpaired) electrons. The van der Waals surface area contributed by atoms with Crippen molar-refractivity contribution in [3.05, 3.63) is 94.5 Å². The first-order valence-electron chi connectivity index (χ1n) is 9.69. The summed E-state index contributed by atoms with van der Waals surface area (Å²) in [6, 6.07) is 21.9. The molecule has 5 nitrogen and oxygen atoms in total. The summed E-state index contributed by atoms with van der Waals surface area (Å²) < 4.78 is 5.88. The summed E-state index contributed by atoms with van der Waals surface area (Å²) in [5.41, 5.74) is 3.06. The summed E-state index contributed by atoms with van der Waals surface area (Å²) >= 11 is 5.97. The number of halogens is 1. The molecule has 0 saturated heterocycles. The lowest BCUT2D eigenvalue weighted by Crippen LogP contribution is -2.37. The molecule has 0 bridgehead atoms. The zero-order valence-electron chi connectivity index (χ0n) is 16.5. The topological polar surface area (TPSA) is 58.6 Å². The summed E-state index contributed by atoms with van der Waals surface area (Å²) in [7, 11) is 0. The minimum atomic E-state index is -0.594. The first-order valence-corrected chi connectivity index (χ1v) is 10.1. The zero-order chi connectivity index (χ0) is 21.1. The molecule has 30 heavy (non-hydrogen) atoms. The molecule has 2 amide bonds. The van der Waals surface area contributed by atoms with E-state index in [9.17, 15) is 9.59 Å². The molecule has 3 aromatic rings. The summed E-state index contributed by atoms with van der Waals surface area (Å²) in [4.78, 5) is 27.1. The summed E-state index contributed by atoms with van der Waals surface area (Å²) in [5, 5.41) is 3.56. The van der Waals surface area contributed by atoms with Crippen molar-refractivity contribution in [1.29, 1.82) is 0 Å². The largest absolute Gasteiger partial charge is 0.481 e. The van der Waals surface area contributed by atoms with Gasteiger partial charge in [0, 0.05) is 34.9 Å². The molecular formula is C24H21ClN2O3. The van der Waals surface area contributed by atoms with Crippen molar-refractivity contribution >= 4 is 29.1 Å². The highest BCUT2D eigenvalue weighted by Crippen LogP contribution is 2.29. The van der Waals surface area contributed by atoms with Gasteiger partial charge in [-0.1, -0.05) is 41.9 Å². The van der Waals surface area contributed by atoms with Gasteiger partial charge in [-0.05, 0) is 55.0 Å². The second kappa shape index (κ2) is 8.59. The van der Waals surface area contributed by atoms with Gasteiger partial charge in [0.2, 0.25) is 0 Å². The molecule has 1 aliphatic rings. The molecule has 4 rings (SSSR count). The number of nitrogens with zero attached hydrogens (tertiary/aromatic N) is 1. The highest BCUT2D eigenvalue weighted by atomic mass is 35.5. The Kier molecular flexibility index (Phi) is 5.72. The Balaban J connectivity index is 1.56. The number of rotatable bonds is 4. The number of fused-ring (bicyclic) bond motifs is 1. The molecule has 1 unspecified atom stereocenters. The maximum absolute atomic E-state index is 12.8. The van der Waals surface area contributed by atoms with Gasteiger partial charge in [-0.3, -0.25) is 9.59 Å². The fourth-order valence-electron chi connectivity index (χ4n) is 3.41. The van der Waals surface area contributed by atoms with E-state index < -0.39 is 6.10 Å². The number of nitrogens with one attached hydrogen (secondary N) is 1. The zero-order valence-corrected chi connectivity index (χ0v) is 17.2. The SMILES string of the molecule is CC1Oc2ccc(NC(=O)c3ccccc3)cc2CN(Cc2ccc(Cl)cc2)C1=O. The molecule has 1 aliphatic heterocycles. The lowest BCUT2D eigenvalue weighted by atomic mass is 10.1. The van der Waals surface area contributed by atoms with Gasteiger partial charge >= 0.3 is 0 Å². The number of anilines is 1. The standard InChI is InChI=1S/C24H21ClN2O3/c1-16-24(29)27(14-17-7-9-20(25)10-8-17)15-19-13-21(11-12-22(19)30-16)26-23(28)18-5-3-2-4-6-18/h2-13,16H,14-15H2,1H3,(H,26,28). The van der Waals surface area contributed by atoms with Crippen LogP contribution in [0.3, 0.4) is 0 Å². The van der Waals surface area contributed by atoms with Crippen LogP contribution in [0, 0.1) is 0 Å². The Labute approximate surface area is 180 Å². The molecule has 0 fully saturated rings. The summed E-state index contributed by atoms with van der Waals surface area (Å²) in [6.07, 6.45) is -0.594. The second-order valence-corrected chi connectivity index (χ2v) is 7.66. The first kappa shape index (κ1) is 20.0. The van der Waals surface area contributed by atoms with Crippen molar-refractivity contribution < 1.29 is 14.3 Å². The molecule has 0 aliphatic carbocycles. The Morgan fingerprint density at radius 2 is 1.83 bits per heavy atom. The minimum absolute atomic E-state index is 0.0870. The van der Waals surface area contributed by atoms with Gasteiger partial charge in [0.25, 0.3) is 11.8 Å². The number of amides is 2. The van der Waals surface area contributed by atoms with E-state index >= 15 is 0 Å². The van der Waals surface area contributed by atoms with Crippen LogP contribution in [0.2, 0.25) is 5.02 Å². The van der Waals surface area contributed by atoms with Crippen LogP contribution in [0.1, 0.15) is 28.4 Å². The normalized spacial score (nSPS) is 15.7. The Morgan fingerprint density at radius 1 is 1.10 bits per heavy atom. The number of hydrogen-bond acceptors (Lipinski definition) is 3. The molecule has 1 atom stereocenters.